The van der Waals surface area contributed by atoms with Gasteiger partial charge in [-0.05, 0) is 18.9 Å². The molecule has 1 fully saturated rings. The largest absolute Gasteiger partial charge is 0.486 e. The van der Waals surface area contributed by atoms with Crippen LogP contribution in [-0.4, -0.2) is 65.2 Å². The molecule has 180 valence electrons. The Bertz CT molecular complexity index is 1160. The molecule has 3 atom stereocenters. The van der Waals surface area contributed by atoms with E-state index in [1.165, 1.54) is 7.11 Å². The number of pyridine rings is 3. The Morgan fingerprint density at radius 3 is 2.82 bits per heavy atom. The summed E-state index contributed by atoms with van der Waals surface area (Å²) in [5.74, 6) is 1.24. The highest BCUT2D eigenvalue weighted by atomic mass is 19.1. The van der Waals surface area contributed by atoms with Gasteiger partial charge in [0.1, 0.15) is 19.0 Å². The van der Waals surface area contributed by atoms with Gasteiger partial charge in [0, 0.05) is 36.7 Å². The molecule has 34 heavy (non-hydrogen) atoms. The molecule has 0 aromatic carbocycles. The molecule has 1 unspecified atom stereocenters. The molecule has 3 aromatic rings. The monoisotopic (exact) mass is 470 g/mol. The molecule has 1 saturated heterocycles. The van der Waals surface area contributed by atoms with Crippen LogP contribution in [0.25, 0.3) is 11.0 Å². The first kappa shape index (κ1) is 22.7. The first-order valence-corrected chi connectivity index (χ1v) is 11.4. The van der Waals surface area contributed by atoms with E-state index in [1.54, 1.807) is 18.3 Å². The normalized spacial score (nSPS) is 20.8. The second-order valence-corrected chi connectivity index (χ2v) is 8.42. The van der Waals surface area contributed by atoms with Gasteiger partial charge < -0.3 is 29.4 Å². The molecular weight excluding hydrogens is 443 g/mol. The molecule has 10 heteroatoms. The second-order valence-electron chi connectivity index (χ2n) is 8.42. The number of aliphatic hydroxyl groups is 1. The van der Waals surface area contributed by atoms with Crippen molar-refractivity contribution in [2.75, 3.05) is 26.9 Å². The average molecular weight is 471 g/mol. The van der Waals surface area contributed by atoms with E-state index in [0.717, 1.165) is 18.3 Å². The third-order valence-corrected chi connectivity index (χ3v) is 6.16. The molecule has 5 rings (SSSR count). The van der Waals surface area contributed by atoms with Gasteiger partial charge in [-0.15, -0.1) is 0 Å². The van der Waals surface area contributed by atoms with Crippen molar-refractivity contribution in [2.45, 2.75) is 44.1 Å². The first-order chi connectivity index (χ1) is 16.6. The van der Waals surface area contributed by atoms with E-state index in [2.05, 4.69) is 20.3 Å². The Morgan fingerprint density at radius 2 is 2.03 bits per heavy atom. The highest BCUT2D eigenvalue weighted by molar-refractivity contribution is 5.78. The average Bonchev–Trinajstić information content (AvgIpc) is 2.89. The van der Waals surface area contributed by atoms with E-state index >= 15 is 0 Å². The molecule has 0 bridgehead atoms. The summed E-state index contributed by atoms with van der Waals surface area (Å²) >= 11 is 0. The number of nitrogens with zero attached hydrogens (tertiary/aromatic N) is 3. The van der Waals surface area contributed by atoms with E-state index in [9.17, 15) is 9.50 Å². The molecule has 0 spiro atoms. The van der Waals surface area contributed by atoms with Crippen LogP contribution >= 0.6 is 0 Å². The summed E-state index contributed by atoms with van der Waals surface area (Å²) in [6.45, 7) is 2.08. The van der Waals surface area contributed by atoms with Crippen molar-refractivity contribution in [2.24, 2.45) is 0 Å². The maximum Gasteiger partial charge on any atom is 0.213 e. The zero-order valence-corrected chi connectivity index (χ0v) is 18.9. The van der Waals surface area contributed by atoms with Gasteiger partial charge in [0.05, 0.1) is 55.0 Å². The summed E-state index contributed by atoms with van der Waals surface area (Å²) < 4.78 is 36.8. The van der Waals surface area contributed by atoms with Crippen molar-refractivity contribution in [1.82, 2.24) is 20.3 Å². The zero-order chi connectivity index (χ0) is 23.5. The third-order valence-electron chi connectivity index (χ3n) is 6.16. The summed E-state index contributed by atoms with van der Waals surface area (Å²) in [4.78, 5) is 12.8. The van der Waals surface area contributed by atoms with E-state index in [1.807, 2.05) is 6.07 Å². The second kappa shape index (κ2) is 10.0. The maximum absolute atomic E-state index is 14.6. The highest BCUT2D eigenvalue weighted by Crippen LogP contribution is 2.29. The van der Waals surface area contributed by atoms with Crippen molar-refractivity contribution in [1.29, 1.82) is 0 Å². The van der Waals surface area contributed by atoms with Crippen LogP contribution in [0.4, 0.5) is 4.39 Å². The SMILES string of the molecule is COc1ccc2ncc(F)c(CC(O)[C@@H]3CC[C@@H](NCc4cc5c(cn4)OCCO5)CO3)c2n1. The lowest BCUT2D eigenvalue weighted by Crippen LogP contribution is -2.44. The predicted molar refractivity (Wildman–Crippen MR) is 121 cm³/mol. The number of rotatable bonds is 7. The number of fused-ring (bicyclic) bond motifs is 2. The lowest BCUT2D eigenvalue weighted by Gasteiger charge is -2.32. The molecule has 2 N–H and O–H groups in total. The maximum atomic E-state index is 14.6. The van der Waals surface area contributed by atoms with Crippen LogP contribution in [0.1, 0.15) is 24.1 Å². The number of hydrogen-bond acceptors (Lipinski definition) is 9. The summed E-state index contributed by atoms with van der Waals surface area (Å²) in [7, 11) is 1.50. The van der Waals surface area contributed by atoms with E-state index in [4.69, 9.17) is 18.9 Å². The summed E-state index contributed by atoms with van der Waals surface area (Å²) in [6.07, 6.45) is 3.13. The van der Waals surface area contributed by atoms with Crippen LogP contribution in [0.5, 0.6) is 17.4 Å². The van der Waals surface area contributed by atoms with Gasteiger partial charge in [0.25, 0.3) is 0 Å². The van der Waals surface area contributed by atoms with Crippen LogP contribution in [0, 0.1) is 5.82 Å². The zero-order valence-electron chi connectivity index (χ0n) is 18.9. The molecule has 9 nitrogen and oxygen atoms in total. The summed E-state index contributed by atoms with van der Waals surface area (Å²) in [6, 6.07) is 5.41. The highest BCUT2D eigenvalue weighted by Gasteiger charge is 2.29. The van der Waals surface area contributed by atoms with Crippen molar-refractivity contribution in [3.63, 3.8) is 0 Å². The van der Waals surface area contributed by atoms with Gasteiger partial charge in [-0.3, -0.25) is 9.97 Å². The summed E-state index contributed by atoms with van der Waals surface area (Å²) in [5, 5.41) is 14.3. The Balaban J connectivity index is 1.16. The quantitative estimate of drug-likeness (QED) is 0.537. The Labute approximate surface area is 196 Å². The van der Waals surface area contributed by atoms with Gasteiger partial charge in [-0.25, -0.2) is 9.37 Å². The number of methoxy groups -OCH3 is 1. The van der Waals surface area contributed by atoms with Crippen molar-refractivity contribution >= 4 is 11.0 Å². The lowest BCUT2D eigenvalue weighted by molar-refractivity contribution is -0.0719. The van der Waals surface area contributed by atoms with E-state index < -0.39 is 18.0 Å². The van der Waals surface area contributed by atoms with Crippen molar-refractivity contribution in [3.8, 4) is 17.4 Å². The van der Waals surface area contributed by atoms with E-state index in [0.29, 0.717) is 66.8 Å². The van der Waals surface area contributed by atoms with Crippen LogP contribution in [0.15, 0.2) is 30.6 Å². The van der Waals surface area contributed by atoms with Crippen molar-refractivity contribution < 1.29 is 28.4 Å². The molecule has 3 aromatic heterocycles. The van der Waals surface area contributed by atoms with Crippen LogP contribution in [-0.2, 0) is 17.7 Å². The molecule has 0 radical (unpaired) electrons. The number of aromatic nitrogens is 3. The minimum Gasteiger partial charge on any atom is -0.486 e. The topological polar surface area (TPSA) is 108 Å². The third kappa shape index (κ3) is 4.89. The molecule has 2 aliphatic heterocycles. The van der Waals surface area contributed by atoms with Crippen LogP contribution < -0.4 is 19.5 Å². The number of hydrogen-bond donors (Lipinski definition) is 2. The minimum atomic E-state index is -0.867. The van der Waals surface area contributed by atoms with Crippen LogP contribution in [0.2, 0.25) is 0 Å². The number of aliphatic hydroxyl groups excluding tert-OH is 1. The van der Waals surface area contributed by atoms with Gasteiger partial charge in [0.15, 0.2) is 11.5 Å². The van der Waals surface area contributed by atoms with Gasteiger partial charge >= 0.3 is 0 Å². The Kier molecular flexibility index (Phi) is 6.70. The Morgan fingerprint density at radius 1 is 1.18 bits per heavy atom. The standard InChI is InChI=1S/C24H27FN4O5/c1-31-23-5-3-18-24(29-23)16(17(25)11-28-18)9-19(30)20-4-2-14(13-34-20)26-10-15-8-21-22(12-27-15)33-7-6-32-21/h3,5,8,11-12,14,19-20,26,30H,2,4,6-7,9-10,13H2,1H3/t14-,19?,20+/m1/s1. The fourth-order valence-corrected chi connectivity index (χ4v) is 4.30. The fourth-order valence-electron chi connectivity index (χ4n) is 4.30. The van der Waals surface area contributed by atoms with Crippen LogP contribution in [0.3, 0.4) is 0 Å². The van der Waals surface area contributed by atoms with E-state index in [-0.39, 0.29) is 12.5 Å². The summed E-state index contributed by atoms with van der Waals surface area (Å²) in [5.41, 5.74) is 2.10. The molecule has 0 aliphatic carbocycles. The fraction of sp³-hybridized carbons (Fsp3) is 0.458. The number of nitrogens with one attached hydrogen (secondary N) is 1. The molecule has 2 aliphatic rings. The first-order valence-electron chi connectivity index (χ1n) is 11.4. The minimum absolute atomic E-state index is 0.0783. The Hall–Kier alpha value is -3.08. The smallest absolute Gasteiger partial charge is 0.213 e. The molecule has 0 amide bonds. The lowest BCUT2D eigenvalue weighted by atomic mass is 9.96. The number of halogens is 1. The van der Waals surface area contributed by atoms with Gasteiger partial charge in [-0.2, -0.15) is 0 Å². The van der Waals surface area contributed by atoms with Gasteiger partial charge in [0.2, 0.25) is 5.88 Å². The number of ether oxygens (including phenoxy) is 4. The molecule has 0 saturated carbocycles. The molecular formula is C24H27FN4O5. The predicted octanol–water partition coefficient (Wildman–Crippen LogP) is 2.18. The molecule has 5 heterocycles. The van der Waals surface area contributed by atoms with Gasteiger partial charge in [-0.1, -0.05) is 0 Å². The van der Waals surface area contributed by atoms with Crippen molar-refractivity contribution in [3.05, 3.63) is 47.7 Å².